The van der Waals surface area contributed by atoms with Crippen molar-refractivity contribution in [1.29, 1.82) is 0 Å². The molecule has 1 heterocycles. The number of aryl methyl sites for hydroxylation is 1. The Balaban J connectivity index is 2.42. The van der Waals surface area contributed by atoms with E-state index in [-0.39, 0.29) is 4.75 Å². The van der Waals surface area contributed by atoms with E-state index in [1.54, 1.807) is 11.3 Å². The van der Waals surface area contributed by atoms with E-state index in [1.165, 1.54) is 10.4 Å². The van der Waals surface area contributed by atoms with E-state index in [2.05, 4.69) is 54.1 Å². The smallest absolute Gasteiger partial charge is 0.191 e. The molecule has 1 aromatic rings. The van der Waals surface area contributed by atoms with Gasteiger partial charge in [0.25, 0.3) is 0 Å². The highest BCUT2D eigenvalue weighted by molar-refractivity contribution is 7.99. The van der Waals surface area contributed by atoms with E-state index >= 15 is 0 Å². The lowest BCUT2D eigenvalue weighted by Crippen LogP contribution is -2.42. The summed E-state index contributed by atoms with van der Waals surface area (Å²) in [6.07, 6.45) is 2.13. The first kappa shape index (κ1) is 15.4. The maximum Gasteiger partial charge on any atom is 0.191 e. The van der Waals surface area contributed by atoms with Gasteiger partial charge >= 0.3 is 0 Å². The number of rotatable bonds is 5. The van der Waals surface area contributed by atoms with Gasteiger partial charge in [-0.2, -0.15) is 11.8 Å². The molecule has 0 saturated carbocycles. The Hall–Kier alpha value is -0.680. The summed E-state index contributed by atoms with van der Waals surface area (Å²) in [7, 11) is 1.81. The van der Waals surface area contributed by atoms with Gasteiger partial charge in [0.1, 0.15) is 0 Å². The zero-order valence-electron chi connectivity index (χ0n) is 11.8. The number of aliphatic imine (C=N–C) groups is 1. The van der Waals surface area contributed by atoms with Crippen LogP contribution in [0, 0.1) is 6.92 Å². The molecule has 0 bridgehead atoms. The molecule has 18 heavy (non-hydrogen) atoms. The summed E-state index contributed by atoms with van der Waals surface area (Å²) in [5, 5.41) is 8.84. The van der Waals surface area contributed by atoms with Crippen molar-refractivity contribution in [1.82, 2.24) is 10.6 Å². The molecule has 5 heteroatoms. The van der Waals surface area contributed by atoms with Crippen LogP contribution < -0.4 is 10.6 Å². The molecule has 1 aromatic heterocycles. The SMILES string of the molecule is CN=C(NCc1sccc1C)NCC(C)(C)SC. The Labute approximate surface area is 118 Å². The quantitative estimate of drug-likeness (QED) is 0.645. The van der Waals surface area contributed by atoms with Crippen molar-refractivity contribution >= 4 is 29.1 Å². The monoisotopic (exact) mass is 285 g/mol. The number of guanidine groups is 1. The molecular weight excluding hydrogens is 262 g/mol. The standard InChI is InChI=1S/C13H23N3S2/c1-10-6-7-18-11(10)8-15-12(14-4)16-9-13(2,3)17-5/h6-7H,8-9H2,1-5H3,(H2,14,15,16). The van der Waals surface area contributed by atoms with Crippen LogP contribution in [-0.2, 0) is 6.54 Å². The summed E-state index contributed by atoms with van der Waals surface area (Å²) < 4.78 is 0.219. The number of hydrogen-bond acceptors (Lipinski definition) is 3. The maximum atomic E-state index is 4.24. The maximum absolute atomic E-state index is 4.24. The van der Waals surface area contributed by atoms with Gasteiger partial charge in [-0.25, -0.2) is 0 Å². The average molecular weight is 285 g/mol. The fourth-order valence-electron chi connectivity index (χ4n) is 1.34. The van der Waals surface area contributed by atoms with Crippen LogP contribution in [0.25, 0.3) is 0 Å². The highest BCUT2D eigenvalue weighted by Crippen LogP contribution is 2.19. The Bertz CT molecular complexity index is 397. The summed E-state index contributed by atoms with van der Waals surface area (Å²) in [4.78, 5) is 5.61. The minimum absolute atomic E-state index is 0.219. The Morgan fingerprint density at radius 3 is 2.67 bits per heavy atom. The third kappa shape index (κ3) is 4.90. The Morgan fingerprint density at radius 1 is 1.44 bits per heavy atom. The topological polar surface area (TPSA) is 36.4 Å². The third-order valence-electron chi connectivity index (χ3n) is 2.84. The van der Waals surface area contributed by atoms with Gasteiger partial charge in [-0.15, -0.1) is 11.3 Å². The molecule has 0 radical (unpaired) electrons. The molecule has 1 rings (SSSR count). The van der Waals surface area contributed by atoms with Crippen molar-refractivity contribution in [2.24, 2.45) is 4.99 Å². The van der Waals surface area contributed by atoms with Gasteiger partial charge < -0.3 is 10.6 Å². The molecular formula is C13H23N3S2. The van der Waals surface area contributed by atoms with Gasteiger partial charge in [0.15, 0.2) is 5.96 Å². The molecule has 0 atom stereocenters. The number of nitrogens with zero attached hydrogens (tertiary/aromatic N) is 1. The average Bonchev–Trinajstić information content (AvgIpc) is 2.75. The van der Waals surface area contributed by atoms with E-state index in [1.807, 2.05) is 18.8 Å². The van der Waals surface area contributed by atoms with E-state index in [0.29, 0.717) is 0 Å². The predicted molar refractivity (Wildman–Crippen MR) is 84.9 cm³/mol. The lowest BCUT2D eigenvalue weighted by Gasteiger charge is -2.23. The lowest BCUT2D eigenvalue weighted by molar-refractivity contribution is 0.665. The molecule has 0 aliphatic carbocycles. The van der Waals surface area contributed by atoms with Gasteiger partial charge in [-0.05, 0) is 44.0 Å². The van der Waals surface area contributed by atoms with Crippen molar-refractivity contribution in [2.75, 3.05) is 19.8 Å². The number of thioether (sulfide) groups is 1. The summed E-state index contributed by atoms with van der Waals surface area (Å²) in [6.45, 7) is 8.32. The van der Waals surface area contributed by atoms with E-state index < -0.39 is 0 Å². The molecule has 0 aliphatic heterocycles. The predicted octanol–water partition coefficient (Wildman–Crippen LogP) is 2.86. The molecule has 102 valence electrons. The Kier molecular flexibility index (Phi) is 6.02. The first-order chi connectivity index (χ1) is 8.48. The van der Waals surface area contributed by atoms with Crippen molar-refractivity contribution in [3.8, 4) is 0 Å². The van der Waals surface area contributed by atoms with Gasteiger partial charge in [-0.1, -0.05) is 0 Å². The van der Waals surface area contributed by atoms with Gasteiger partial charge in [0.2, 0.25) is 0 Å². The zero-order chi connectivity index (χ0) is 13.6. The van der Waals surface area contributed by atoms with Gasteiger partial charge in [0.05, 0.1) is 6.54 Å². The van der Waals surface area contributed by atoms with Crippen molar-refractivity contribution in [3.05, 3.63) is 21.9 Å². The molecule has 0 aliphatic rings. The third-order valence-corrected chi connectivity index (χ3v) is 5.11. The van der Waals surface area contributed by atoms with Crippen LogP contribution in [0.4, 0.5) is 0 Å². The molecule has 0 amide bonds. The summed E-state index contributed by atoms with van der Waals surface area (Å²) >= 11 is 3.64. The second-order valence-corrected chi connectivity index (χ2v) is 7.28. The van der Waals surface area contributed by atoms with E-state index in [9.17, 15) is 0 Å². The first-order valence-corrected chi connectivity index (χ1v) is 8.11. The molecule has 0 aromatic carbocycles. The first-order valence-electron chi connectivity index (χ1n) is 6.01. The number of thiophene rings is 1. The highest BCUT2D eigenvalue weighted by Gasteiger charge is 2.16. The largest absolute Gasteiger partial charge is 0.355 e. The zero-order valence-corrected chi connectivity index (χ0v) is 13.5. The summed E-state index contributed by atoms with van der Waals surface area (Å²) in [6, 6.07) is 2.15. The van der Waals surface area contributed by atoms with Crippen LogP contribution in [0.5, 0.6) is 0 Å². The van der Waals surface area contributed by atoms with Crippen molar-refractivity contribution in [3.63, 3.8) is 0 Å². The lowest BCUT2D eigenvalue weighted by atomic mass is 10.2. The fourth-order valence-corrected chi connectivity index (χ4v) is 2.40. The normalized spacial score (nSPS) is 12.6. The molecule has 0 fully saturated rings. The van der Waals surface area contributed by atoms with Gasteiger partial charge in [-0.3, -0.25) is 4.99 Å². The molecule has 0 saturated heterocycles. The summed E-state index contributed by atoms with van der Waals surface area (Å²) in [5.74, 6) is 0.866. The van der Waals surface area contributed by atoms with Crippen molar-refractivity contribution < 1.29 is 0 Å². The molecule has 0 spiro atoms. The van der Waals surface area contributed by atoms with E-state index in [4.69, 9.17) is 0 Å². The van der Waals surface area contributed by atoms with Crippen LogP contribution in [0.1, 0.15) is 24.3 Å². The fraction of sp³-hybridized carbons (Fsp3) is 0.615. The van der Waals surface area contributed by atoms with Crippen LogP contribution in [-0.4, -0.2) is 30.6 Å². The van der Waals surface area contributed by atoms with Gasteiger partial charge in [0, 0.05) is 23.2 Å². The number of nitrogens with one attached hydrogen (secondary N) is 2. The second kappa shape index (κ2) is 7.04. The minimum atomic E-state index is 0.219. The van der Waals surface area contributed by atoms with Crippen LogP contribution >= 0.6 is 23.1 Å². The molecule has 2 N–H and O–H groups in total. The van der Waals surface area contributed by atoms with Crippen molar-refractivity contribution in [2.45, 2.75) is 32.1 Å². The molecule has 3 nitrogen and oxygen atoms in total. The van der Waals surface area contributed by atoms with Crippen LogP contribution in [0.15, 0.2) is 16.4 Å². The van der Waals surface area contributed by atoms with Crippen LogP contribution in [0.3, 0.4) is 0 Å². The van der Waals surface area contributed by atoms with Crippen LogP contribution in [0.2, 0.25) is 0 Å². The minimum Gasteiger partial charge on any atom is -0.355 e. The second-order valence-electron chi connectivity index (χ2n) is 4.77. The van der Waals surface area contributed by atoms with E-state index in [0.717, 1.165) is 19.0 Å². The number of hydrogen-bond donors (Lipinski definition) is 2. The molecule has 0 unspecified atom stereocenters. The summed E-state index contributed by atoms with van der Waals surface area (Å²) in [5.41, 5.74) is 1.34. The highest BCUT2D eigenvalue weighted by atomic mass is 32.2. The Morgan fingerprint density at radius 2 is 2.17 bits per heavy atom.